The Balaban J connectivity index is 1.76. The molecule has 2 aliphatic rings. The van der Waals surface area contributed by atoms with E-state index in [0.29, 0.717) is 0 Å². The Morgan fingerprint density at radius 2 is 2.15 bits per heavy atom. The summed E-state index contributed by atoms with van der Waals surface area (Å²) in [6, 6.07) is 5.69. The van der Waals surface area contributed by atoms with E-state index in [2.05, 4.69) is 12.2 Å². The number of aryl methyl sites for hydroxylation is 1. The molecule has 1 nitrogen and oxygen atoms in total. The maximum absolute atomic E-state index is 14.2. The fourth-order valence-corrected chi connectivity index (χ4v) is 4.46. The summed E-state index contributed by atoms with van der Waals surface area (Å²) in [5.41, 5.74) is 2.02. The van der Waals surface area contributed by atoms with Crippen LogP contribution in [0.15, 0.2) is 18.2 Å². The molecule has 0 aromatic heterocycles. The lowest BCUT2D eigenvalue weighted by Crippen LogP contribution is -2.26. The number of fused-ring (bicyclic) bond motifs is 2. The van der Waals surface area contributed by atoms with Crippen molar-refractivity contribution in [2.45, 2.75) is 52.0 Å². The summed E-state index contributed by atoms with van der Waals surface area (Å²) in [5.74, 6) is 2.63. The molecule has 0 aliphatic heterocycles. The van der Waals surface area contributed by atoms with Crippen molar-refractivity contribution in [3.8, 4) is 0 Å². The molecule has 0 amide bonds. The van der Waals surface area contributed by atoms with E-state index in [-0.39, 0.29) is 11.9 Å². The van der Waals surface area contributed by atoms with Crippen LogP contribution < -0.4 is 5.32 Å². The van der Waals surface area contributed by atoms with Crippen LogP contribution in [0.5, 0.6) is 0 Å². The van der Waals surface area contributed by atoms with E-state index in [0.717, 1.165) is 41.8 Å². The molecule has 2 saturated carbocycles. The topological polar surface area (TPSA) is 12.0 Å². The van der Waals surface area contributed by atoms with E-state index in [9.17, 15) is 4.39 Å². The van der Waals surface area contributed by atoms with Crippen LogP contribution in [0.2, 0.25) is 0 Å². The van der Waals surface area contributed by atoms with Gasteiger partial charge in [0.1, 0.15) is 5.82 Å². The molecule has 4 atom stereocenters. The minimum atomic E-state index is -0.0512. The lowest BCUT2D eigenvalue weighted by atomic mass is 9.82. The molecule has 2 bridgehead atoms. The Labute approximate surface area is 122 Å². The lowest BCUT2D eigenvalue weighted by Gasteiger charge is -2.28. The molecule has 110 valence electrons. The molecule has 1 aromatic carbocycles. The summed E-state index contributed by atoms with van der Waals surface area (Å²) < 4.78 is 14.2. The molecular weight excluding hydrogens is 249 g/mol. The smallest absolute Gasteiger partial charge is 0.127 e. The van der Waals surface area contributed by atoms with Crippen LogP contribution in [0.4, 0.5) is 4.39 Å². The maximum atomic E-state index is 14.2. The molecule has 0 saturated heterocycles. The predicted octanol–water partition coefficient (Wildman–Crippen LogP) is 4.61. The molecule has 0 radical (unpaired) electrons. The molecule has 2 aliphatic carbocycles. The van der Waals surface area contributed by atoms with Gasteiger partial charge in [0.05, 0.1) is 0 Å². The Kier molecular flexibility index (Phi) is 4.11. The number of rotatable bonds is 5. The second kappa shape index (κ2) is 5.85. The molecule has 3 rings (SSSR count). The van der Waals surface area contributed by atoms with Crippen LogP contribution in [0.3, 0.4) is 0 Å². The highest BCUT2D eigenvalue weighted by Crippen LogP contribution is 2.51. The van der Waals surface area contributed by atoms with Gasteiger partial charge in [-0.15, -0.1) is 0 Å². The zero-order valence-corrected chi connectivity index (χ0v) is 12.7. The zero-order valence-electron chi connectivity index (χ0n) is 12.7. The van der Waals surface area contributed by atoms with Crippen LogP contribution in [-0.4, -0.2) is 6.54 Å². The third-order valence-electron chi connectivity index (χ3n) is 5.40. The van der Waals surface area contributed by atoms with Crippen molar-refractivity contribution >= 4 is 0 Å². The minimum absolute atomic E-state index is 0.0512. The summed E-state index contributed by atoms with van der Waals surface area (Å²) in [7, 11) is 0. The van der Waals surface area contributed by atoms with Crippen molar-refractivity contribution < 1.29 is 4.39 Å². The number of nitrogens with one attached hydrogen (secondary N) is 1. The number of hydrogen-bond acceptors (Lipinski definition) is 1. The monoisotopic (exact) mass is 275 g/mol. The molecule has 1 N–H and O–H groups in total. The first-order chi connectivity index (χ1) is 9.67. The van der Waals surface area contributed by atoms with Gasteiger partial charge in [-0.3, -0.25) is 0 Å². The molecule has 1 aromatic rings. The van der Waals surface area contributed by atoms with E-state index in [1.807, 2.05) is 19.1 Å². The third kappa shape index (κ3) is 2.76. The van der Waals surface area contributed by atoms with Gasteiger partial charge in [-0.25, -0.2) is 4.39 Å². The number of benzene rings is 1. The Morgan fingerprint density at radius 1 is 1.30 bits per heavy atom. The van der Waals surface area contributed by atoms with Gasteiger partial charge in [-0.1, -0.05) is 31.0 Å². The van der Waals surface area contributed by atoms with E-state index in [1.54, 1.807) is 6.07 Å². The van der Waals surface area contributed by atoms with Gasteiger partial charge in [0.15, 0.2) is 0 Å². The maximum Gasteiger partial charge on any atom is 0.127 e. The molecule has 4 unspecified atom stereocenters. The average Bonchev–Trinajstić information content (AvgIpc) is 3.03. The van der Waals surface area contributed by atoms with E-state index >= 15 is 0 Å². The first-order valence-electron chi connectivity index (χ1n) is 8.16. The van der Waals surface area contributed by atoms with Crippen molar-refractivity contribution in [1.29, 1.82) is 0 Å². The van der Waals surface area contributed by atoms with Crippen molar-refractivity contribution in [2.75, 3.05) is 6.54 Å². The molecule has 20 heavy (non-hydrogen) atoms. The van der Waals surface area contributed by atoms with Crippen molar-refractivity contribution in [1.82, 2.24) is 5.32 Å². The Morgan fingerprint density at radius 3 is 2.80 bits per heavy atom. The van der Waals surface area contributed by atoms with Gasteiger partial charge in [-0.2, -0.15) is 0 Å². The number of hydrogen-bond donors (Lipinski definition) is 1. The van der Waals surface area contributed by atoms with E-state index < -0.39 is 0 Å². The summed E-state index contributed by atoms with van der Waals surface area (Å²) in [6.45, 7) is 5.06. The van der Waals surface area contributed by atoms with Crippen LogP contribution in [0.1, 0.15) is 56.2 Å². The highest BCUT2D eigenvalue weighted by molar-refractivity contribution is 5.27. The standard InChI is InChI=1S/C18H26FN/c1-3-20-18(16-8-12(2)4-7-17(16)19)11-15-10-13-5-6-14(15)9-13/h4,7-8,13-15,18,20H,3,5-6,9-11H2,1-2H3. The van der Waals surface area contributed by atoms with Gasteiger partial charge in [0, 0.05) is 11.6 Å². The molecule has 0 spiro atoms. The van der Waals surface area contributed by atoms with Crippen molar-refractivity contribution in [3.63, 3.8) is 0 Å². The molecular formula is C18H26FN. The Hall–Kier alpha value is -0.890. The highest BCUT2D eigenvalue weighted by Gasteiger charge is 2.40. The quantitative estimate of drug-likeness (QED) is 0.827. The summed E-state index contributed by atoms with van der Waals surface area (Å²) in [5, 5.41) is 3.51. The molecule has 0 heterocycles. The first-order valence-corrected chi connectivity index (χ1v) is 8.16. The van der Waals surface area contributed by atoms with Gasteiger partial charge >= 0.3 is 0 Å². The first kappa shape index (κ1) is 14.1. The van der Waals surface area contributed by atoms with Gasteiger partial charge in [0.2, 0.25) is 0 Å². The van der Waals surface area contributed by atoms with E-state index in [4.69, 9.17) is 0 Å². The van der Waals surface area contributed by atoms with Crippen LogP contribution in [0.25, 0.3) is 0 Å². The van der Waals surface area contributed by atoms with Crippen LogP contribution in [-0.2, 0) is 0 Å². The van der Waals surface area contributed by atoms with Crippen LogP contribution in [0, 0.1) is 30.5 Å². The summed E-state index contributed by atoms with van der Waals surface area (Å²) >= 11 is 0. The molecule has 2 fully saturated rings. The summed E-state index contributed by atoms with van der Waals surface area (Å²) in [6.07, 6.45) is 6.76. The fourth-order valence-electron chi connectivity index (χ4n) is 4.46. The second-order valence-electron chi connectivity index (χ2n) is 6.81. The van der Waals surface area contributed by atoms with Crippen LogP contribution >= 0.6 is 0 Å². The highest BCUT2D eigenvalue weighted by atomic mass is 19.1. The largest absolute Gasteiger partial charge is 0.310 e. The lowest BCUT2D eigenvalue weighted by molar-refractivity contribution is 0.278. The van der Waals surface area contributed by atoms with Gasteiger partial charge in [0.25, 0.3) is 0 Å². The second-order valence-corrected chi connectivity index (χ2v) is 6.81. The van der Waals surface area contributed by atoms with Crippen molar-refractivity contribution in [3.05, 3.63) is 35.1 Å². The SMILES string of the molecule is CCNC(CC1CC2CCC1C2)c1cc(C)ccc1F. The third-order valence-corrected chi connectivity index (χ3v) is 5.40. The van der Waals surface area contributed by atoms with Crippen molar-refractivity contribution in [2.24, 2.45) is 17.8 Å². The minimum Gasteiger partial charge on any atom is -0.310 e. The average molecular weight is 275 g/mol. The fraction of sp³-hybridized carbons (Fsp3) is 0.667. The van der Waals surface area contributed by atoms with Gasteiger partial charge in [-0.05, 0) is 63.0 Å². The van der Waals surface area contributed by atoms with E-state index in [1.165, 1.54) is 25.7 Å². The Bertz CT molecular complexity index is 470. The summed E-state index contributed by atoms with van der Waals surface area (Å²) in [4.78, 5) is 0. The predicted molar refractivity (Wildman–Crippen MR) is 81.1 cm³/mol. The zero-order chi connectivity index (χ0) is 14.1. The molecule has 2 heteroatoms. The number of halogens is 1. The normalized spacial score (nSPS) is 29.9. The van der Waals surface area contributed by atoms with Gasteiger partial charge < -0.3 is 5.32 Å².